The molecule has 0 aliphatic rings. The SMILES string of the molecule is N/C(=N/O)c1ccc(CNCCc2ncno2)c(F)c1. The minimum atomic E-state index is -0.417. The molecule has 0 unspecified atom stereocenters. The Labute approximate surface area is 114 Å². The molecule has 0 aliphatic heterocycles. The maximum atomic E-state index is 13.8. The fraction of sp³-hybridized carbons (Fsp3) is 0.250. The summed E-state index contributed by atoms with van der Waals surface area (Å²) in [4.78, 5) is 3.88. The number of halogens is 1. The van der Waals surface area contributed by atoms with Gasteiger partial charge in [-0.1, -0.05) is 22.4 Å². The molecular formula is C12H14FN5O2. The molecule has 0 radical (unpaired) electrons. The Morgan fingerprint density at radius 3 is 3.00 bits per heavy atom. The number of oxime groups is 1. The van der Waals surface area contributed by atoms with E-state index in [1.165, 1.54) is 12.4 Å². The number of benzene rings is 1. The van der Waals surface area contributed by atoms with E-state index >= 15 is 0 Å². The van der Waals surface area contributed by atoms with E-state index < -0.39 is 5.82 Å². The van der Waals surface area contributed by atoms with Crippen molar-refractivity contribution < 1.29 is 14.1 Å². The zero-order valence-electron chi connectivity index (χ0n) is 10.6. The second kappa shape index (κ2) is 6.62. The van der Waals surface area contributed by atoms with Crippen LogP contribution in [0.2, 0.25) is 0 Å². The monoisotopic (exact) mass is 279 g/mol. The Hall–Kier alpha value is -2.48. The van der Waals surface area contributed by atoms with E-state index in [0.29, 0.717) is 36.5 Å². The Balaban J connectivity index is 1.87. The Morgan fingerprint density at radius 1 is 1.50 bits per heavy atom. The van der Waals surface area contributed by atoms with Gasteiger partial charge in [-0.25, -0.2) is 4.39 Å². The van der Waals surface area contributed by atoms with E-state index in [1.807, 2.05) is 0 Å². The Morgan fingerprint density at radius 2 is 2.35 bits per heavy atom. The van der Waals surface area contributed by atoms with Gasteiger partial charge in [-0.15, -0.1) is 0 Å². The lowest BCUT2D eigenvalue weighted by Crippen LogP contribution is -2.18. The molecule has 0 fully saturated rings. The van der Waals surface area contributed by atoms with Crippen LogP contribution in [0.5, 0.6) is 0 Å². The van der Waals surface area contributed by atoms with Crippen molar-refractivity contribution in [1.82, 2.24) is 15.5 Å². The van der Waals surface area contributed by atoms with E-state index in [4.69, 9.17) is 15.5 Å². The van der Waals surface area contributed by atoms with Gasteiger partial charge in [-0.3, -0.25) is 0 Å². The van der Waals surface area contributed by atoms with Gasteiger partial charge in [0.1, 0.15) is 5.82 Å². The first-order valence-electron chi connectivity index (χ1n) is 5.93. The summed E-state index contributed by atoms with van der Waals surface area (Å²) in [5.74, 6) is -0.0144. The van der Waals surface area contributed by atoms with Crippen LogP contribution in [-0.2, 0) is 13.0 Å². The molecule has 0 spiro atoms. The van der Waals surface area contributed by atoms with E-state index in [2.05, 4.69) is 20.6 Å². The smallest absolute Gasteiger partial charge is 0.227 e. The van der Waals surface area contributed by atoms with Gasteiger partial charge in [-0.05, 0) is 6.07 Å². The molecule has 4 N–H and O–H groups in total. The standard InChI is InChI=1S/C12H14FN5O2/c13-10-5-8(12(14)18-19)1-2-9(10)6-15-4-3-11-16-7-17-20-11/h1-2,5,7,15,19H,3-4,6H2,(H2,14,18). The summed E-state index contributed by atoms with van der Waals surface area (Å²) >= 11 is 0. The third-order valence-corrected chi connectivity index (χ3v) is 2.69. The molecule has 0 saturated carbocycles. The maximum absolute atomic E-state index is 13.8. The van der Waals surface area contributed by atoms with Crippen molar-refractivity contribution in [3.05, 3.63) is 47.4 Å². The fourth-order valence-corrected chi connectivity index (χ4v) is 1.63. The van der Waals surface area contributed by atoms with Gasteiger partial charge in [-0.2, -0.15) is 4.98 Å². The molecule has 20 heavy (non-hydrogen) atoms. The van der Waals surface area contributed by atoms with Crippen LogP contribution >= 0.6 is 0 Å². The van der Waals surface area contributed by atoms with Crippen molar-refractivity contribution in [2.75, 3.05) is 6.54 Å². The molecule has 0 saturated heterocycles. The Bertz CT molecular complexity index is 586. The van der Waals surface area contributed by atoms with Crippen LogP contribution in [0.1, 0.15) is 17.0 Å². The molecule has 0 amide bonds. The van der Waals surface area contributed by atoms with Crippen molar-refractivity contribution in [3.63, 3.8) is 0 Å². The highest BCUT2D eigenvalue weighted by Gasteiger charge is 2.06. The summed E-state index contributed by atoms with van der Waals surface area (Å²) in [7, 11) is 0. The summed E-state index contributed by atoms with van der Waals surface area (Å²) in [6.45, 7) is 0.944. The molecule has 8 heteroatoms. The topological polar surface area (TPSA) is 110 Å². The van der Waals surface area contributed by atoms with Crippen LogP contribution in [0, 0.1) is 5.82 Å². The van der Waals surface area contributed by atoms with Gasteiger partial charge in [0.2, 0.25) is 5.89 Å². The van der Waals surface area contributed by atoms with Crippen LogP contribution in [0.15, 0.2) is 34.2 Å². The summed E-state index contributed by atoms with van der Waals surface area (Å²) in [5, 5.41) is 17.9. The quantitative estimate of drug-likeness (QED) is 0.235. The number of nitrogens with zero attached hydrogens (tertiary/aromatic N) is 3. The molecule has 7 nitrogen and oxygen atoms in total. The van der Waals surface area contributed by atoms with Crippen molar-refractivity contribution in [3.8, 4) is 0 Å². The number of hydrogen-bond donors (Lipinski definition) is 3. The number of nitrogens with one attached hydrogen (secondary N) is 1. The van der Waals surface area contributed by atoms with Crippen LogP contribution in [0.25, 0.3) is 0 Å². The molecule has 0 bridgehead atoms. The van der Waals surface area contributed by atoms with E-state index in [1.54, 1.807) is 12.1 Å². The van der Waals surface area contributed by atoms with Crippen LogP contribution in [-0.4, -0.2) is 27.7 Å². The molecular weight excluding hydrogens is 265 g/mol. The molecule has 106 valence electrons. The molecule has 1 heterocycles. The molecule has 2 rings (SSSR count). The lowest BCUT2D eigenvalue weighted by atomic mass is 10.1. The van der Waals surface area contributed by atoms with Crippen molar-refractivity contribution in [2.45, 2.75) is 13.0 Å². The molecule has 0 aliphatic carbocycles. The largest absolute Gasteiger partial charge is 0.409 e. The highest BCUT2D eigenvalue weighted by Crippen LogP contribution is 2.10. The highest BCUT2D eigenvalue weighted by atomic mass is 19.1. The minimum Gasteiger partial charge on any atom is -0.409 e. The Kier molecular flexibility index (Phi) is 4.61. The fourth-order valence-electron chi connectivity index (χ4n) is 1.63. The van der Waals surface area contributed by atoms with Gasteiger partial charge in [0, 0.05) is 30.6 Å². The number of rotatable bonds is 6. The minimum absolute atomic E-state index is 0.125. The third-order valence-electron chi connectivity index (χ3n) is 2.69. The number of hydrogen-bond acceptors (Lipinski definition) is 6. The molecule has 2 aromatic rings. The maximum Gasteiger partial charge on any atom is 0.227 e. The second-order valence-corrected chi connectivity index (χ2v) is 4.05. The van der Waals surface area contributed by atoms with Crippen LogP contribution < -0.4 is 11.1 Å². The number of amidine groups is 1. The summed E-state index contributed by atoms with van der Waals surface area (Å²) in [6.07, 6.45) is 1.91. The van der Waals surface area contributed by atoms with E-state index in [0.717, 1.165) is 0 Å². The zero-order valence-corrected chi connectivity index (χ0v) is 10.6. The first-order chi connectivity index (χ1) is 9.70. The predicted octanol–water partition coefficient (Wildman–Crippen LogP) is 0.635. The lowest BCUT2D eigenvalue weighted by molar-refractivity contribution is 0.318. The summed E-state index contributed by atoms with van der Waals surface area (Å²) < 4.78 is 18.6. The van der Waals surface area contributed by atoms with Gasteiger partial charge in [0.05, 0.1) is 0 Å². The summed E-state index contributed by atoms with van der Waals surface area (Å²) in [5.41, 5.74) is 6.21. The predicted molar refractivity (Wildman–Crippen MR) is 68.6 cm³/mol. The lowest BCUT2D eigenvalue weighted by Gasteiger charge is -2.06. The van der Waals surface area contributed by atoms with E-state index in [-0.39, 0.29) is 5.84 Å². The highest BCUT2D eigenvalue weighted by molar-refractivity contribution is 5.97. The third kappa shape index (κ3) is 3.51. The molecule has 1 aromatic carbocycles. The van der Waals surface area contributed by atoms with Crippen LogP contribution in [0.4, 0.5) is 4.39 Å². The summed E-state index contributed by atoms with van der Waals surface area (Å²) in [6, 6.07) is 4.40. The van der Waals surface area contributed by atoms with Crippen molar-refractivity contribution in [1.29, 1.82) is 0 Å². The molecule has 1 aromatic heterocycles. The van der Waals surface area contributed by atoms with E-state index in [9.17, 15) is 4.39 Å². The first kappa shape index (κ1) is 13.9. The number of nitrogens with two attached hydrogens (primary N) is 1. The average molecular weight is 279 g/mol. The molecule has 0 atom stereocenters. The van der Waals surface area contributed by atoms with Crippen LogP contribution in [0.3, 0.4) is 0 Å². The van der Waals surface area contributed by atoms with Gasteiger partial charge < -0.3 is 20.8 Å². The second-order valence-electron chi connectivity index (χ2n) is 4.05. The van der Waals surface area contributed by atoms with Gasteiger partial charge >= 0.3 is 0 Å². The zero-order chi connectivity index (χ0) is 14.4. The van der Waals surface area contributed by atoms with Crippen molar-refractivity contribution >= 4 is 5.84 Å². The van der Waals surface area contributed by atoms with Gasteiger partial charge in [0.15, 0.2) is 12.2 Å². The van der Waals surface area contributed by atoms with Gasteiger partial charge in [0.25, 0.3) is 0 Å². The number of aromatic nitrogens is 2. The first-order valence-corrected chi connectivity index (χ1v) is 5.93. The normalized spacial score (nSPS) is 11.8. The van der Waals surface area contributed by atoms with Crippen molar-refractivity contribution in [2.24, 2.45) is 10.9 Å². The average Bonchev–Trinajstić information content (AvgIpc) is 2.97.